The van der Waals surface area contributed by atoms with Gasteiger partial charge in [0.2, 0.25) is 0 Å². The van der Waals surface area contributed by atoms with Crippen molar-refractivity contribution in [2.24, 2.45) is 5.73 Å². The van der Waals surface area contributed by atoms with Crippen molar-refractivity contribution in [1.82, 2.24) is 24.4 Å². The summed E-state index contributed by atoms with van der Waals surface area (Å²) in [6, 6.07) is 25.7. The summed E-state index contributed by atoms with van der Waals surface area (Å²) in [6.07, 6.45) is -6.67. The Kier molecular flexibility index (Phi) is 13.5. The number of hydrogen-bond acceptors (Lipinski definition) is 7. The molecule has 0 bridgehead atoms. The number of nitrogens with two attached hydrogens (primary N) is 2. The first-order chi connectivity index (χ1) is 27.0. The Hall–Kier alpha value is -6.81. The Labute approximate surface area is 334 Å². The van der Waals surface area contributed by atoms with Crippen LogP contribution in [0.3, 0.4) is 0 Å². The lowest BCUT2D eigenvalue weighted by Gasteiger charge is -2.22. The van der Waals surface area contributed by atoms with Gasteiger partial charge in [0.25, 0.3) is 17.0 Å². The Bertz CT molecular complexity index is 2720. The SMILES string of the molecule is C.C.C[C@H](N)c1cc2cccc(C(F)(F)F)c2c(=O)n1-c1ccccc1.C[C@H](NC(=O)c1nccnc1N)c1cc2cccc(C(F)(F)F)c2c(=O)n1-c1ccccc1. The number of pyridine rings is 2. The zero-order valence-electron chi connectivity index (χ0n) is 30.1. The minimum absolute atomic E-state index is 0. The molecule has 0 saturated heterocycles. The van der Waals surface area contributed by atoms with Crippen LogP contribution < -0.4 is 27.9 Å². The molecule has 0 aliphatic rings. The monoisotopic (exact) mass is 817 g/mol. The molecule has 1 amide bonds. The highest BCUT2D eigenvalue weighted by molar-refractivity contribution is 5.96. The van der Waals surface area contributed by atoms with Crippen molar-refractivity contribution >= 4 is 33.3 Å². The molecule has 308 valence electrons. The molecule has 0 aliphatic carbocycles. The number of nitrogens with one attached hydrogen (secondary N) is 1. The molecule has 59 heavy (non-hydrogen) atoms. The zero-order valence-corrected chi connectivity index (χ0v) is 30.1. The van der Waals surface area contributed by atoms with Crippen LogP contribution in [0, 0.1) is 0 Å². The molecule has 0 spiro atoms. The number of nitrogen functional groups attached to an aromatic ring is 1. The van der Waals surface area contributed by atoms with Crippen LogP contribution in [-0.4, -0.2) is 25.0 Å². The number of benzene rings is 4. The number of hydrogen-bond donors (Lipinski definition) is 3. The first-order valence-electron chi connectivity index (χ1n) is 17.2. The number of anilines is 1. The molecule has 2 atom stereocenters. The number of carbonyl (C=O) groups excluding carboxylic acids is 1. The predicted octanol–water partition coefficient (Wildman–Crippen LogP) is 9.17. The fourth-order valence-corrected chi connectivity index (χ4v) is 6.44. The van der Waals surface area contributed by atoms with Crippen molar-refractivity contribution in [2.45, 2.75) is 53.1 Å². The summed E-state index contributed by atoms with van der Waals surface area (Å²) in [4.78, 5) is 46.8. The fraction of sp³-hybridized carbons (Fsp3) is 0.186. The minimum Gasteiger partial charge on any atom is -0.382 e. The van der Waals surface area contributed by atoms with E-state index in [4.69, 9.17) is 11.5 Å². The summed E-state index contributed by atoms with van der Waals surface area (Å²) >= 11 is 0. The molecule has 0 saturated carbocycles. The normalized spacial score (nSPS) is 12.4. The molecule has 4 aromatic carbocycles. The van der Waals surface area contributed by atoms with E-state index in [1.807, 2.05) is 0 Å². The Balaban J connectivity index is 0.000000264. The van der Waals surface area contributed by atoms with Crippen LogP contribution >= 0.6 is 0 Å². The second kappa shape index (κ2) is 17.8. The third-order valence-corrected chi connectivity index (χ3v) is 8.99. The van der Waals surface area contributed by atoms with E-state index in [0.717, 1.165) is 12.1 Å². The van der Waals surface area contributed by atoms with Gasteiger partial charge < -0.3 is 16.8 Å². The van der Waals surface area contributed by atoms with Crippen LogP contribution in [0.4, 0.5) is 32.2 Å². The van der Waals surface area contributed by atoms with E-state index < -0.39 is 58.0 Å². The van der Waals surface area contributed by atoms with Gasteiger partial charge in [-0.2, -0.15) is 26.3 Å². The van der Waals surface area contributed by atoms with Gasteiger partial charge in [-0.25, -0.2) is 9.97 Å². The summed E-state index contributed by atoms with van der Waals surface area (Å²) in [5.41, 5.74) is 9.62. The van der Waals surface area contributed by atoms with Gasteiger partial charge in [-0.05, 0) is 73.2 Å². The zero-order chi connectivity index (χ0) is 41.2. The summed E-state index contributed by atoms with van der Waals surface area (Å²) in [7, 11) is 0. The van der Waals surface area contributed by atoms with Gasteiger partial charge in [0.1, 0.15) is 0 Å². The molecule has 7 aromatic rings. The molecule has 0 radical (unpaired) electrons. The molecule has 3 aromatic heterocycles. The van der Waals surface area contributed by atoms with Crippen molar-refractivity contribution in [3.8, 4) is 11.4 Å². The molecule has 0 fully saturated rings. The second-order valence-electron chi connectivity index (χ2n) is 12.9. The third-order valence-electron chi connectivity index (χ3n) is 8.99. The van der Waals surface area contributed by atoms with Crippen LogP contribution in [0.25, 0.3) is 32.9 Å². The quantitative estimate of drug-likeness (QED) is 0.142. The molecule has 7 rings (SSSR count). The number of fused-ring (bicyclic) bond motifs is 2. The van der Waals surface area contributed by atoms with E-state index >= 15 is 0 Å². The highest BCUT2D eigenvalue weighted by Crippen LogP contribution is 2.36. The number of alkyl halides is 6. The van der Waals surface area contributed by atoms with E-state index in [0.29, 0.717) is 17.1 Å². The first-order valence-corrected chi connectivity index (χ1v) is 17.2. The predicted molar refractivity (Wildman–Crippen MR) is 217 cm³/mol. The van der Waals surface area contributed by atoms with E-state index in [2.05, 4.69) is 15.3 Å². The van der Waals surface area contributed by atoms with E-state index in [1.54, 1.807) is 80.6 Å². The molecular weight excluding hydrogens is 777 g/mol. The second-order valence-corrected chi connectivity index (χ2v) is 12.9. The Morgan fingerprint density at radius 2 is 1.07 bits per heavy atom. The maximum atomic E-state index is 13.7. The van der Waals surface area contributed by atoms with E-state index in [-0.39, 0.29) is 48.2 Å². The Morgan fingerprint density at radius 1 is 0.644 bits per heavy atom. The smallest absolute Gasteiger partial charge is 0.382 e. The highest BCUT2D eigenvalue weighted by atomic mass is 19.4. The van der Waals surface area contributed by atoms with E-state index in [1.165, 1.54) is 51.9 Å². The van der Waals surface area contributed by atoms with Crippen LogP contribution in [0.2, 0.25) is 0 Å². The largest absolute Gasteiger partial charge is 0.417 e. The Morgan fingerprint density at radius 3 is 1.49 bits per heavy atom. The standard InChI is InChI=1S/C23H18F3N5O2.C18H15F3N2O.2CH4/c1-13(30-21(32)19-20(27)29-11-10-28-19)17-12-14-6-5-9-16(23(24,25)26)18(14)22(33)31(17)15-7-3-2-4-8-15;1-11(22)15-10-12-6-5-9-14(18(19,20)21)16(12)17(24)23(15)13-7-3-2-4-8-13;;/h2-13H,1H3,(H2,27,29)(H,30,32);2-11H,22H2,1H3;2*1H4/t13-;11-;;/m00../s1. The number of aromatic nitrogens is 4. The third kappa shape index (κ3) is 9.17. The lowest BCUT2D eigenvalue weighted by atomic mass is 10.0. The lowest BCUT2D eigenvalue weighted by Crippen LogP contribution is -2.33. The first kappa shape index (κ1) is 44.9. The highest BCUT2D eigenvalue weighted by Gasteiger charge is 2.35. The molecule has 10 nitrogen and oxygen atoms in total. The van der Waals surface area contributed by atoms with Gasteiger partial charge in [0.15, 0.2) is 11.5 Å². The lowest BCUT2D eigenvalue weighted by molar-refractivity contribution is -0.137. The molecule has 0 aliphatic heterocycles. The number of halogens is 6. The molecule has 16 heteroatoms. The molecule has 5 N–H and O–H groups in total. The number of nitrogens with zero attached hydrogens (tertiary/aromatic N) is 4. The van der Waals surface area contributed by atoms with Crippen LogP contribution in [-0.2, 0) is 12.4 Å². The summed E-state index contributed by atoms with van der Waals surface area (Å²) in [6.45, 7) is 3.30. The van der Waals surface area contributed by atoms with Crippen molar-refractivity contribution in [3.63, 3.8) is 0 Å². The molecule has 0 unspecified atom stereocenters. The maximum Gasteiger partial charge on any atom is 0.417 e. The topological polar surface area (TPSA) is 151 Å². The number of para-hydroxylation sites is 2. The van der Waals surface area contributed by atoms with Crippen molar-refractivity contribution in [3.05, 3.63) is 171 Å². The van der Waals surface area contributed by atoms with Crippen LogP contribution in [0.5, 0.6) is 0 Å². The summed E-state index contributed by atoms with van der Waals surface area (Å²) in [5.74, 6) is -0.708. The van der Waals surface area contributed by atoms with Crippen molar-refractivity contribution in [1.29, 1.82) is 0 Å². The number of rotatable bonds is 6. The fourth-order valence-electron chi connectivity index (χ4n) is 6.44. The summed E-state index contributed by atoms with van der Waals surface area (Å²) < 4.78 is 83.4. The van der Waals surface area contributed by atoms with Gasteiger partial charge in [-0.1, -0.05) is 75.5 Å². The number of amides is 1. The molecular formula is C43H41F6N7O3. The minimum atomic E-state index is -4.71. The van der Waals surface area contributed by atoms with Gasteiger partial charge in [0, 0.05) is 41.2 Å². The van der Waals surface area contributed by atoms with Crippen LogP contribution in [0.15, 0.2) is 131 Å². The van der Waals surface area contributed by atoms with Gasteiger partial charge in [-0.15, -0.1) is 0 Å². The summed E-state index contributed by atoms with van der Waals surface area (Å²) in [5, 5.41) is 2.24. The average molecular weight is 818 g/mol. The van der Waals surface area contributed by atoms with Gasteiger partial charge in [0.05, 0.1) is 27.9 Å². The van der Waals surface area contributed by atoms with Crippen LogP contribution in [0.1, 0.15) is 73.8 Å². The van der Waals surface area contributed by atoms with Gasteiger partial charge in [-0.3, -0.25) is 23.5 Å². The maximum absolute atomic E-state index is 13.7. The molecule has 3 heterocycles. The number of carbonyl (C=O) groups is 1. The van der Waals surface area contributed by atoms with Crippen molar-refractivity contribution < 1.29 is 31.1 Å². The van der Waals surface area contributed by atoms with Crippen molar-refractivity contribution in [2.75, 3.05) is 5.73 Å². The average Bonchev–Trinajstić information content (AvgIpc) is 3.17. The van der Waals surface area contributed by atoms with Gasteiger partial charge >= 0.3 is 12.4 Å². The van der Waals surface area contributed by atoms with E-state index in [9.17, 15) is 40.7 Å².